The Morgan fingerprint density at radius 1 is 1.20 bits per heavy atom. The fourth-order valence-electron chi connectivity index (χ4n) is 2.27. The average Bonchev–Trinajstić information content (AvgIpc) is 3.08. The van der Waals surface area contributed by atoms with Gasteiger partial charge in [-0.05, 0) is 57.8 Å². The van der Waals surface area contributed by atoms with Crippen LogP contribution in [0.25, 0.3) is 0 Å². The smallest absolute Gasteiger partial charge is 0.00927 e. The molecular formula is C13H28N2. The summed E-state index contributed by atoms with van der Waals surface area (Å²) < 4.78 is 0. The van der Waals surface area contributed by atoms with Gasteiger partial charge < -0.3 is 10.2 Å². The van der Waals surface area contributed by atoms with Crippen molar-refractivity contribution in [3.05, 3.63) is 0 Å². The minimum atomic E-state index is 0.807. The SMILES string of the molecule is CCC(NCCCN(CC)CC)C1CC1. The lowest BCUT2D eigenvalue weighted by molar-refractivity contribution is 0.293. The van der Waals surface area contributed by atoms with E-state index in [9.17, 15) is 0 Å². The molecule has 2 heteroatoms. The van der Waals surface area contributed by atoms with Crippen molar-refractivity contribution in [2.45, 2.75) is 52.5 Å². The Kier molecular flexibility index (Phi) is 6.26. The van der Waals surface area contributed by atoms with Gasteiger partial charge in [0.1, 0.15) is 0 Å². The fraction of sp³-hybridized carbons (Fsp3) is 1.00. The van der Waals surface area contributed by atoms with E-state index in [4.69, 9.17) is 0 Å². The second kappa shape index (κ2) is 7.24. The number of hydrogen-bond donors (Lipinski definition) is 1. The standard InChI is InChI=1S/C13H28N2/c1-4-13(12-8-9-12)14-10-7-11-15(5-2)6-3/h12-14H,4-11H2,1-3H3. The van der Waals surface area contributed by atoms with E-state index in [2.05, 4.69) is 31.0 Å². The summed E-state index contributed by atoms with van der Waals surface area (Å²) in [5.41, 5.74) is 0. The Morgan fingerprint density at radius 3 is 2.33 bits per heavy atom. The summed E-state index contributed by atoms with van der Waals surface area (Å²) in [5.74, 6) is 1.00. The molecule has 1 fully saturated rings. The van der Waals surface area contributed by atoms with Crippen molar-refractivity contribution in [1.29, 1.82) is 0 Å². The van der Waals surface area contributed by atoms with Gasteiger partial charge in [0.15, 0.2) is 0 Å². The maximum atomic E-state index is 3.71. The predicted molar refractivity (Wildman–Crippen MR) is 67.2 cm³/mol. The summed E-state index contributed by atoms with van der Waals surface area (Å²) in [7, 11) is 0. The van der Waals surface area contributed by atoms with Crippen LogP contribution in [-0.4, -0.2) is 37.1 Å². The zero-order valence-electron chi connectivity index (χ0n) is 10.8. The van der Waals surface area contributed by atoms with Gasteiger partial charge in [-0.3, -0.25) is 0 Å². The molecule has 0 aromatic rings. The Hall–Kier alpha value is -0.0800. The third-order valence-corrected chi connectivity index (χ3v) is 3.58. The molecule has 90 valence electrons. The van der Waals surface area contributed by atoms with Crippen LogP contribution in [0.1, 0.15) is 46.5 Å². The zero-order valence-corrected chi connectivity index (χ0v) is 10.8. The van der Waals surface area contributed by atoms with Gasteiger partial charge in [-0.15, -0.1) is 0 Å². The molecule has 0 radical (unpaired) electrons. The van der Waals surface area contributed by atoms with E-state index in [1.54, 1.807) is 0 Å². The van der Waals surface area contributed by atoms with Gasteiger partial charge in [0.05, 0.1) is 0 Å². The van der Waals surface area contributed by atoms with E-state index in [-0.39, 0.29) is 0 Å². The first-order valence-electron chi connectivity index (χ1n) is 6.77. The maximum absolute atomic E-state index is 3.71. The van der Waals surface area contributed by atoms with Crippen molar-refractivity contribution in [3.63, 3.8) is 0 Å². The third kappa shape index (κ3) is 4.98. The summed E-state index contributed by atoms with van der Waals surface area (Å²) in [4.78, 5) is 2.50. The molecule has 0 aromatic heterocycles. The molecule has 1 atom stereocenters. The monoisotopic (exact) mass is 212 g/mol. The molecule has 0 spiro atoms. The second-order valence-corrected chi connectivity index (χ2v) is 4.69. The van der Waals surface area contributed by atoms with E-state index in [0.29, 0.717) is 0 Å². The van der Waals surface area contributed by atoms with E-state index >= 15 is 0 Å². The summed E-state index contributed by atoms with van der Waals surface area (Å²) in [6.45, 7) is 11.6. The van der Waals surface area contributed by atoms with E-state index < -0.39 is 0 Å². The summed E-state index contributed by atoms with van der Waals surface area (Å²) in [6.07, 6.45) is 5.52. The fourth-order valence-corrected chi connectivity index (χ4v) is 2.27. The molecule has 0 saturated heterocycles. The van der Waals surface area contributed by atoms with Crippen molar-refractivity contribution in [2.75, 3.05) is 26.2 Å². The molecule has 15 heavy (non-hydrogen) atoms. The molecular weight excluding hydrogens is 184 g/mol. The molecule has 2 nitrogen and oxygen atoms in total. The molecule has 1 rings (SSSR count). The van der Waals surface area contributed by atoms with Crippen LogP contribution in [0, 0.1) is 5.92 Å². The quantitative estimate of drug-likeness (QED) is 0.591. The highest BCUT2D eigenvalue weighted by atomic mass is 15.1. The van der Waals surface area contributed by atoms with Gasteiger partial charge in [-0.25, -0.2) is 0 Å². The molecule has 1 N–H and O–H groups in total. The van der Waals surface area contributed by atoms with Crippen molar-refractivity contribution < 1.29 is 0 Å². The molecule has 0 bridgehead atoms. The first-order valence-corrected chi connectivity index (χ1v) is 6.77. The van der Waals surface area contributed by atoms with Crippen LogP contribution < -0.4 is 5.32 Å². The van der Waals surface area contributed by atoms with E-state index in [0.717, 1.165) is 12.0 Å². The molecule has 0 amide bonds. The van der Waals surface area contributed by atoms with Crippen LogP contribution in [-0.2, 0) is 0 Å². The molecule has 1 unspecified atom stereocenters. The van der Waals surface area contributed by atoms with Gasteiger partial charge in [0.2, 0.25) is 0 Å². The van der Waals surface area contributed by atoms with Gasteiger partial charge in [0, 0.05) is 6.04 Å². The summed E-state index contributed by atoms with van der Waals surface area (Å²) >= 11 is 0. The lowest BCUT2D eigenvalue weighted by Gasteiger charge is -2.20. The lowest BCUT2D eigenvalue weighted by Crippen LogP contribution is -2.33. The minimum Gasteiger partial charge on any atom is -0.314 e. The maximum Gasteiger partial charge on any atom is 0.00927 e. The topological polar surface area (TPSA) is 15.3 Å². The molecule has 0 aliphatic heterocycles. The summed E-state index contributed by atoms with van der Waals surface area (Å²) in [6, 6.07) is 0.807. The predicted octanol–water partition coefficient (Wildman–Crippen LogP) is 2.50. The Morgan fingerprint density at radius 2 is 1.87 bits per heavy atom. The Balaban J connectivity index is 1.99. The largest absolute Gasteiger partial charge is 0.314 e. The van der Waals surface area contributed by atoms with Gasteiger partial charge in [0.25, 0.3) is 0 Å². The van der Waals surface area contributed by atoms with Crippen LogP contribution >= 0.6 is 0 Å². The number of nitrogens with zero attached hydrogens (tertiary/aromatic N) is 1. The average molecular weight is 212 g/mol. The normalized spacial score (nSPS) is 18.4. The number of nitrogens with one attached hydrogen (secondary N) is 1. The Labute approximate surface area is 95.4 Å². The molecule has 1 saturated carbocycles. The van der Waals surface area contributed by atoms with Crippen LogP contribution in [0.3, 0.4) is 0 Å². The highest BCUT2D eigenvalue weighted by Crippen LogP contribution is 2.33. The molecule has 0 aromatic carbocycles. The van der Waals surface area contributed by atoms with E-state index in [1.165, 1.54) is 51.9 Å². The molecule has 1 aliphatic carbocycles. The first kappa shape index (κ1) is 13.0. The van der Waals surface area contributed by atoms with Gasteiger partial charge in [-0.1, -0.05) is 20.8 Å². The van der Waals surface area contributed by atoms with Gasteiger partial charge in [-0.2, -0.15) is 0 Å². The zero-order chi connectivity index (χ0) is 11.1. The highest BCUT2D eigenvalue weighted by molar-refractivity contribution is 4.85. The first-order chi connectivity index (χ1) is 7.31. The van der Waals surface area contributed by atoms with Crippen molar-refractivity contribution >= 4 is 0 Å². The molecule has 1 aliphatic rings. The van der Waals surface area contributed by atoms with Crippen LogP contribution in [0.15, 0.2) is 0 Å². The van der Waals surface area contributed by atoms with Crippen molar-refractivity contribution in [1.82, 2.24) is 10.2 Å². The third-order valence-electron chi connectivity index (χ3n) is 3.58. The minimum absolute atomic E-state index is 0.807. The van der Waals surface area contributed by atoms with Gasteiger partial charge >= 0.3 is 0 Å². The van der Waals surface area contributed by atoms with E-state index in [1.807, 2.05) is 0 Å². The van der Waals surface area contributed by atoms with Crippen LogP contribution in [0.5, 0.6) is 0 Å². The molecule has 0 heterocycles. The Bertz CT molecular complexity index is 151. The van der Waals surface area contributed by atoms with Crippen LogP contribution in [0.4, 0.5) is 0 Å². The second-order valence-electron chi connectivity index (χ2n) is 4.69. The van der Waals surface area contributed by atoms with Crippen LogP contribution in [0.2, 0.25) is 0 Å². The van der Waals surface area contributed by atoms with Crippen molar-refractivity contribution in [2.24, 2.45) is 5.92 Å². The van der Waals surface area contributed by atoms with Crippen molar-refractivity contribution in [3.8, 4) is 0 Å². The highest BCUT2D eigenvalue weighted by Gasteiger charge is 2.29. The summed E-state index contributed by atoms with van der Waals surface area (Å²) in [5, 5.41) is 3.71. The lowest BCUT2D eigenvalue weighted by atomic mass is 10.1. The number of rotatable bonds is 9. The number of hydrogen-bond acceptors (Lipinski definition) is 2.